The molecule has 0 fully saturated rings. The van der Waals surface area contributed by atoms with Crippen LogP contribution in [0.1, 0.15) is 30.5 Å². The van der Waals surface area contributed by atoms with Gasteiger partial charge in [-0.15, -0.1) is 0 Å². The number of benzene rings is 1. The Labute approximate surface area is 149 Å². The van der Waals surface area contributed by atoms with E-state index in [4.69, 9.17) is 10.8 Å². The SMILES string of the molecule is CCc1ccc(-c2c(C#N)c(N)nc(SC(C)C(=O)O)c2C#N)cc1. The van der Waals surface area contributed by atoms with Crippen LogP contribution in [0, 0.1) is 22.7 Å². The van der Waals surface area contributed by atoms with Gasteiger partial charge in [-0.25, -0.2) is 4.98 Å². The van der Waals surface area contributed by atoms with Crippen molar-refractivity contribution in [3.63, 3.8) is 0 Å². The van der Waals surface area contributed by atoms with Gasteiger partial charge in [0.15, 0.2) is 0 Å². The first kappa shape index (κ1) is 18.3. The summed E-state index contributed by atoms with van der Waals surface area (Å²) in [7, 11) is 0. The lowest BCUT2D eigenvalue weighted by Gasteiger charge is -2.14. The molecule has 0 aliphatic rings. The van der Waals surface area contributed by atoms with Gasteiger partial charge in [0, 0.05) is 5.56 Å². The van der Waals surface area contributed by atoms with Gasteiger partial charge in [-0.05, 0) is 24.5 Å². The molecule has 25 heavy (non-hydrogen) atoms. The molecule has 2 aromatic rings. The summed E-state index contributed by atoms with van der Waals surface area (Å²) in [5.74, 6) is -1.04. The number of hydrogen-bond acceptors (Lipinski definition) is 6. The Morgan fingerprint density at radius 1 is 1.28 bits per heavy atom. The van der Waals surface area contributed by atoms with Crippen LogP contribution in [0.2, 0.25) is 0 Å². The van der Waals surface area contributed by atoms with E-state index in [1.807, 2.05) is 37.3 Å². The third kappa shape index (κ3) is 3.73. The maximum Gasteiger partial charge on any atom is 0.316 e. The number of carboxylic acid groups (broad SMARTS) is 1. The van der Waals surface area contributed by atoms with Gasteiger partial charge in [0.1, 0.15) is 33.8 Å². The van der Waals surface area contributed by atoms with Crippen molar-refractivity contribution in [1.82, 2.24) is 4.98 Å². The molecule has 0 bridgehead atoms. The molecule has 3 N–H and O–H groups in total. The summed E-state index contributed by atoms with van der Waals surface area (Å²) >= 11 is 0.930. The number of rotatable bonds is 5. The van der Waals surface area contributed by atoms with Gasteiger partial charge in [0.25, 0.3) is 0 Å². The molecule has 0 aliphatic carbocycles. The van der Waals surface area contributed by atoms with Crippen LogP contribution in [0.25, 0.3) is 11.1 Å². The van der Waals surface area contributed by atoms with E-state index in [1.54, 1.807) is 0 Å². The van der Waals surface area contributed by atoms with E-state index in [2.05, 4.69) is 11.1 Å². The second-order valence-corrected chi connectivity index (χ2v) is 6.63. The van der Waals surface area contributed by atoms with E-state index < -0.39 is 11.2 Å². The minimum absolute atomic E-state index is 0.0174. The standard InChI is InChI=1S/C18H16N4O2S/c1-3-11-4-6-12(7-5-11)15-13(8-19)16(21)22-17(14(15)9-20)25-10(2)18(23)24/h4-7,10H,3H2,1-2H3,(H2,21,22)(H,23,24). The van der Waals surface area contributed by atoms with Crippen molar-refractivity contribution in [2.24, 2.45) is 0 Å². The second kappa shape index (κ2) is 7.69. The number of anilines is 1. The van der Waals surface area contributed by atoms with Crippen LogP contribution >= 0.6 is 11.8 Å². The Morgan fingerprint density at radius 2 is 1.88 bits per heavy atom. The zero-order valence-corrected chi connectivity index (χ0v) is 14.6. The quantitative estimate of drug-likeness (QED) is 0.792. The fourth-order valence-electron chi connectivity index (χ4n) is 2.30. The highest BCUT2D eigenvalue weighted by Gasteiger charge is 2.23. The predicted molar refractivity (Wildman–Crippen MR) is 95.8 cm³/mol. The minimum atomic E-state index is -1.02. The summed E-state index contributed by atoms with van der Waals surface area (Å²) in [6.07, 6.45) is 0.867. The Morgan fingerprint density at radius 3 is 2.36 bits per heavy atom. The number of nitrogens with two attached hydrogens (primary N) is 1. The van der Waals surface area contributed by atoms with Crippen molar-refractivity contribution in [3.05, 3.63) is 41.0 Å². The first-order chi connectivity index (χ1) is 11.9. The highest BCUT2D eigenvalue weighted by molar-refractivity contribution is 8.00. The lowest BCUT2D eigenvalue weighted by atomic mass is 9.96. The molecule has 1 unspecified atom stereocenters. The summed E-state index contributed by atoms with van der Waals surface area (Å²) in [6.45, 7) is 3.53. The van der Waals surface area contributed by atoms with Crippen LogP contribution < -0.4 is 5.73 Å². The molecule has 7 heteroatoms. The molecule has 0 amide bonds. The van der Waals surface area contributed by atoms with Crippen molar-refractivity contribution in [3.8, 4) is 23.3 Å². The number of thioether (sulfide) groups is 1. The smallest absolute Gasteiger partial charge is 0.316 e. The molecule has 1 heterocycles. The van der Waals surface area contributed by atoms with Crippen LogP contribution in [0.3, 0.4) is 0 Å². The van der Waals surface area contributed by atoms with E-state index in [-0.39, 0.29) is 22.0 Å². The van der Waals surface area contributed by atoms with Gasteiger partial charge in [-0.2, -0.15) is 10.5 Å². The number of aliphatic carboxylic acids is 1. The lowest BCUT2D eigenvalue weighted by Crippen LogP contribution is -2.13. The van der Waals surface area contributed by atoms with Crippen molar-refractivity contribution in [2.75, 3.05) is 5.73 Å². The number of carboxylic acids is 1. The van der Waals surface area contributed by atoms with Crippen molar-refractivity contribution >= 4 is 23.5 Å². The summed E-state index contributed by atoms with van der Waals surface area (Å²) in [5, 5.41) is 27.6. The number of nitrogens with zero attached hydrogens (tertiary/aromatic N) is 3. The summed E-state index contributed by atoms with van der Waals surface area (Å²) in [4.78, 5) is 15.2. The third-order valence-electron chi connectivity index (χ3n) is 3.70. The van der Waals surface area contributed by atoms with Gasteiger partial charge in [0.05, 0.1) is 5.56 Å². The predicted octanol–water partition coefficient (Wildman–Crippen LogP) is 3.20. The minimum Gasteiger partial charge on any atom is -0.480 e. The number of aromatic nitrogens is 1. The summed E-state index contributed by atoms with van der Waals surface area (Å²) < 4.78 is 0. The maximum atomic E-state index is 11.1. The van der Waals surface area contributed by atoms with E-state index in [0.717, 1.165) is 23.7 Å². The largest absolute Gasteiger partial charge is 0.480 e. The van der Waals surface area contributed by atoms with Gasteiger partial charge < -0.3 is 10.8 Å². The highest BCUT2D eigenvalue weighted by Crippen LogP contribution is 2.36. The molecule has 1 atom stereocenters. The number of aryl methyl sites for hydroxylation is 1. The Hall–Kier alpha value is -3.03. The van der Waals surface area contributed by atoms with E-state index >= 15 is 0 Å². The molecular weight excluding hydrogens is 336 g/mol. The van der Waals surface area contributed by atoms with Gasteiger partial charge in [-0.1, -0.05) is 43.0 Å². The fraction of sp³-hybridized carbons (Fsp3) is 0.222. The number of pyridine rings is 1. The maximum absolute atomic E-state index is 11.1. The van der Waals surface area contributed by atoms with E-state index in [1.165, 1.54) is 6.92 Å². The molecule has 1 aromatic heterocycles. The third-order valence-corrected chi connectivity index (χ3v) is 4.78. The zero-order valence-electron chi connectivity index (χ0n) is 13.8. The number of nitrogen functional groups attached to an aromatic ring is 1. The van der Waals surface area contributed by atoms with Crippen LogP contribution in [0.5, 0.6) is 0 Å². The Bertz CT molecular complexity index is 895. The Balaban J connectivity index is 2.71. The van der Waals surface area contributed by atoms with E-state index in [9.17, 15) is 15.3 Å². The molecule has 0 saturated heterocycles. The number of nitriles is 2. The van der Waals surface area contributed by atoms with Crippen LogP contribution in [-0.2, 0) is 11.2 Å². The van der Waals surface area contributed by atoms with Crippen molar-refractivity contribution < 1.29 is 9.90 Å². The molecule has 6 nitrogen and oxygen atoms in total. The van der Waals surface area contributed by atoms with Gasteiger partial charge >= 0.3 is 5.97 Å². The van der Waals surface area contributed by atoms with Crippen LogP contribution in [0.15, 0.2) is 29.3 Å². The lowest BCUT2D eigenvalue weighted by molar-refractivity contribution is -0.136. The van der Waals surface area contributed by atoms with Gasteiger partial charge in [0.2, 0.25) is 0 Å². The molecule has 0 saturated carbocycles. The topological polar surface area (TPSA) is 124 Å². The summed E-state index contributed by atoms with van der Waals surface area (Å²) in [6, 6.07) is 11.5. The average molecular weight is 352 g/mol. The van der Waals surface area contributed by atoms with Crippen LogP contribution in [0.4, 0.5) is 5.82 Å². The van der Waals surface area contributed by atoms with Crippen molar-refractivity contribution in [2.45, 2.75) is 30.5 Å². The molecule has 2 rings (SSSR count). The zero-order chi connectivity index (χ0) is 18.6. The van der Waals surface area contributed by atoms with Gasteiger partial charge in [-0.3, -0.25) is 4.79 Å². The van der Waals surface area contributed by atoms with E-state index in [0.29, 0.717) is 11.1 Å². The van der Waals surface area contributed by atoms with Crippen LogP contribution in [-0.4, -0.2) is 21.3 Å². The van der Waals surface area contributed by atoms with Crippen molar-refractivity contribution in [1.29, 1.82) is 10.5 Å². The average Bonchev–Trinajstić information content (AvgIpc) is 2.61. The molecule has 126 valence electrons. The molecule has 0 spiro atoms. The molecular formula is C18H16N4O2S. The molecule has 0 radical (unpaired) electrons. The monoisotopic (exact) mass is 352 g/mol. The molecule has 0 aliphatic heterocycles. The Kier molecular flexibility index (Phi) is 5.63. The number of carbonyl (C=O) groups is 1. The highest BCUT2D eigenvalue weighted by atomic mass is 32.2. The first-order valence-corrected chi connectivity index (χ1v) is 8.43. The second-order valence-electron chi connectivity index (χ2n) is 5.30. The number of hydrogen-bond donors (Lipinski definition) is 2. The molecule has 1 aromatic carbocycles. The fourth-order valence-corrected chi connectivity index (χ4v) is 3.15. The normalized spacial score (nSPS) is 11.4. The first-order valence-electron chi connectivity index (χ1n) is 7.55. The summed E-state index contributed by atoms with van der Waals surface area (Å²) in [5.41, 5.74) is 8.36.